The maximum Gasteiger partial charge on any atom is 0.222 e. The number of carbonyl (C=O) groups excluding carboxylic acids is 1. The average Bonchev–Trinajstić information content (AvgIpc) is 2.78. The molecule has 1 heterocycles. The number of hydrogen-bond donors (Lipinski definition) is 2. The number of nitrogens with one attached hydrogen (secondary N) is 1. The molecule has 1 rings (SSSR count). The quantitative estimate of drug-likeness (QED) is 0.783. The zero-order valence-corrected chi connectivity index (χ0v) is 12.6. The summed E-state index contributed by atoms with van der Waals surface area (Å²) in [6.45, 7) is 7.21. The fraction of sp³-hybridized carbons (Fsp3) is 0.750. The van der Waals surface area contributed by atoms with E-state index < -0.39 is 0 Å². The van der Waals surface area contributed by atoms with Crippen molar-refractivity contribution in [2.75, 3.05) is 6.54 Å². The first-order valence-electron chi connectivity index (χ1n) is 6.30. The van der Waals surface area contributed by atoms with E-state index in [2.05, 4.69) is 29.5 Å². The van der Waals surface area contributed by atoms with Crippen molar-refractivity contribution < 1.29 is 4.79 Å². The van der Waals surface area contributed by atoms with Crippen LogP contribution >= 0.6 is 12.4 Å². The second kappa shape index (κ2) is 8.12. The van der Waals surface area contributed by atoms with Gasteiger partial charge in [-0.25, -0.2) is 0 Å². The van der Waals surface area contributed by atoms with Crippen molar-refractivity contribution in [3.63, 3.8) is 0 Å². The lowest BCUT2D eigenvalue weighted by Crippen LogP contribution is -2.52. The molecule has 19 heavy (non-hydrogen) atoms. The SMILES string of the molecule is CC(C)CC(C)(CN)NC(=O)CCn1ccnn1.Cl. The summed E-state index contributed by atoms with van der Waals surface area (Å²) >= 11 is 0. The first-order chi connectivity index (χ1) is 8.45. The number of halogens is 1. The lowest BCUT2D eigenvalue weighted by molar-refractivity contribution is -0.123. The number of nitrogens with two attached hydrogens (primary N) is 1. The van der Waals surface area contributed by atoms with E-state index in [1.807, 2.05) is 6.92 Å². The van der Waals surface area contributed by atoms with Gasteiger partial charge >= 0.3 is 0 Å². The summed E-state index contributed by atoms with van der Waals surface area (Å²) in [6, 6.07) is 0. The van der Waals surface area contributed by atoms with Gasteiger partial charge in [-0.3, -0.25) is 9.48 Å². The minimum atomic E-state index is -0.326. The molecule has 6 nitrogen and oxygen atoms in total. The lowest BCUT2D eigenvalue weighted by Gasteiger charge is -2.31. The molecule has 3 N–H and O–H groups in total. The Morgan fingerprint density at radius 3 is 2.68 bits per heavy atom. The topological polar surface area (TPSA) is 85.8 Å². The Morgan fingerprint density at radius 2 is 2.21 bits per heavy atom. The smallest absolute Gasteiger partial charge is 0.222 e. The van der Waals surface area contributed by atoms with E-state index in [4.69, 9.17) is 5.73 Å². The second-order valence-electron chi connectivity index (χ2n) is 5.33. The highest BCUT2D eigenvalue weighted by Gasteiger charge is 2.25. The number of nitrogens with zero attached hydrogens (tertiary/aromatic N) is 3. The summed E-state index contributed by atoms with van der Waals surface area (Å²) in [5, 5.41) is 10.5. The minimum Gasteiger partial charge on any atom is -0.350 e. The normalized spacial score (nSPS) is 13.7. The summed E-state index contributed by atoms with van der Waals surface area (Å²) in [5.41, 5.74) is 5.43. The Labute approximate surface area is 120 Å². The molecule has 1 amide bonds. The first-order valence-corrected chi connectivity index (χ1v) is 6.30. The molecule has 0 aliphatic rings. The van der Waals surface area contributed by atoms with Gasteiger partial charge in [-0.05, 0) is 19.3 Å². The molecular formula is C12H24ClN5O. The molecule has 0 aromatic carbocycles. The molecule has 0 radical (unpaired) electrons. The molecule has 110 valence electrons. The van der Waals surface area contributed by atoms with Crippen LogP contribution in [0.3, 0.4) is 0 Å². The monoisotopic (exact) mass is 289 g/mol. The number of hydrogen-bond acceptors (Lipinski definition) is 4. The zero-order chi connectivity index (χ0) is 13.6. The Balaban J connectivity index is 0.00000324. The van der Waals surface area contributed by atoms with Gasteiger partial charge in [0.1, 0.15) is 0 Å². The molecule has 0 fully saturated rings. The highest BCUT2D eigenvalue weighted by Crippen LogP contribution is 2.15. The number of amides is 1. The molecular weight excluding hydrogens is 266 g/mol. The van der Waals surface area contributed by atoms with Crippen LogP contribution in [0.1, 0.15) is 33.6 Å². The molecule has 1 atom stereocenters. The predicted octanol–water partition coefficient (Wildman–Crippen LogP) is 0.970. The van der Waals surface area contributed by atoms with Gasteiger partial charge in [0.15, 0.2) is 0 Å². The van der Waals surface area contributed by atoms with E-state index in [-0.39, 0.29) is 23.9 Å². The number of rotatable bonds is 7. The van der Waals surface area contributed by atoms with Gasteiger partial charge in [0.25, 0.3) is 0 Å². The van der Waals surface area contributed by atoms with Crippen LogP contribution in [-0.4, -0.2) is 33.0 Å². The third-order valence-electron chi connectivity index (χ3n) is 2.79. The molecule has 0 spiro atoms. The maximum absolute atomic E-state index is 11.9. The summed E-state index contributed by atoms with van der Waals surface area (Å²) in [6.07, 6.45) is 4.60. The Hall–Kier alpha value is -1.14. The molecule has 0 saturated heterocycles. The second-order valence-corrected chi connectivity index (χ2v) is 5.33. The van der Waals surface area contributed by atoms with Crippen LogP contribution in [0.5, 0.6) is 0 Å². The standard InChI is InChI=1S/C12H23N5O.ClH/c1-10(2)8-12(3,9-13)15-11(18)4-6-17-7-5-14-16-17;/h5,7,10H,4,6,8-9,13H2,1-3H3,(H,15,18);1H. The average molecular weight is 290 g/mol. The molecule has 1 unspecified atom stereocenters. The van der Waals surface area contributed by atoms with Crippen molar-refractivity contribution in [2.24, 2.45) is 11.7 Å². The minimum absolute atomic E-state index is 0. The van der Waals surface area contributed by atoms with Crippen molar-refractivity contribution in [2.45, 2.75) is 45.7 Å². The molecule has 0 bridgehead atoms. The van der Waals surface area contributed by atoms with Crippen molar-refractivity contribution in [3.8, 4) is 0 Å². The van der Waals surface area contributed by atoms with Gasteiger partial charge in [-0.1, -0.05) is 19.1 Å². The Kier molecular flexibility index (Phi) is 7.63. The predicted molar refractivity (Wildman–Crippen MR) is 76.9 cm³/mol. The van der Waals surface area contributed by atoms with Crippen LogP contribution < -0.4 is 11.1 Å². The number of aromatic nitrogens is 3. The van der Waals surface area contributed by atoms with Crippen molar-refractivity contribution in [3.05, 3.63) is 12.4 Å². The number of aryl methyl sites for hydroxylation is 1. The lowest BCUT2D eigenvalue weighted by atomic mass is 9.90. The van der Waals surface area contributed by atoms with E-state index >= 15 is 0 Å². The van der Waals surface area contributed by atoms with Gasteiger partial charge < -0.3 is 11.1 Å². The zero-order valence-electron chi connectivity index (χ0n) is 11.8. The van der Waals surface area contributed by atoms with Crippen LogP contribution in [0.15, 0.2) is 12.4 Å². The van der Waals surface area contributed by atoms with Crippen LogP contribution in [0.4, 0.5) is 0 Å². The highest BCUT2D eigenvalue weighted by atomic mass is 35.5. The third kappa shape index (κ3) is 6.54. The third-order valence-corrected chi connectivity index (χ3v) is 2.79. The molecule has 7 heteroatoms. The van der Waals surface area contributed by atoms with Crippen LogP contribution in [0.25, 0.3) is 0 Å². The summed E-state index contributed by atoms with van der Waals surface area (Å²) in [7, 11) is 0. The van der Waals surface area contributed by atoms with Crippen molar-refractivity contribution in [1.29, 1.82) is 0 Å². The van der Waals surface area contributed by atoms with Gasteiger partial charge in [0, 0.05) is 24.7 Å². The fourth-order valence-electron chi connectivity index (χ4n) is 2.05. The van der Waals surface area contributed by atoms with Gasteiger partial charge in [0.2, 0.25) is 5.91 Å². The van der Waals surface area contributed by atoms with Gasteiger partial charge in [-0.15, -0.1) is 17.5 Å². The Morgan fingerprint density at radius 1 is 1.53 bits per heavy atom. The fourth-order valence-corrected chi connectivity index (χ4v) is 2.05. The van der Waals surface area contributed by atoms with Crippen LogP contribution in [0.2, 0.25) is 0 Å². The first kappa shape index (κ1) is 17.9. The van der Waals surface area contributed by atoms with Gasteiger partial charge in [0.05, 0.1) is 12.7 Å². The molecule has 1 aromatic rings. The summed E-state index contributed by atoms with van der Waals surface area (Å²) < 4.78 is 1.64. The van der Waals surface area contributed by atoms with E-state index in [1.54, 1.807) is 17.1 Å². The van der Waals surface area contributed by atoms with Crippen LogP contribution in [0, 0.1) is 5.92 Å². The Bertz CT molecular complexity index is 368. The molecule has 0 aliphatic heterocycles. The van der Waals surface area contributed by atoms with E-state index in [1.165, 1.54) is 0 Å². The summed E-state index contributed by atoms with van der Waals surface area (Å²) in [4.78, 5) is 11.9. The molecule has 0 saturated carbocycles. The van der Waals surface area contributed by atoms with Crippen molar-refractivity contribution >= 4 is 18.3 Å². The van der Waals surface area contributed by atoms with E-state index in [0.29, 0.717) is 25.4 Å². The van der Waals surface area contributed by atoms with E-state index in [0.717, 1.165) is 6.42 Å². The molecule has 0 aliphatic carbocycles. The molecule has 1 aromatic heterocycles. The van der Waals surface area contributed by atoms with Crippen molar-refractivity contribution in [1.82, 2.24) is 20.3 Å². The maximum atomic E-state index is 11.9. The van der Waals surface area contributed by atoms with E-state index in [9.17, 15) is 4.79 Å². The van der Waals surface area contributed by atoms with Gasteiger partial charge in [-0.2, -0.15) is 0 Å². The summed E-state index contributed by atoms with van der Waals surface area (Å²) in [5.74, 6) is 0.494. The highest BCUT2D eigenvalue weighted by molar-refractivity contribution is 5.85. The van der Waals surface area contributed by atoms with Crippen LogP contribution in [-0.2, 0) is 11.3 Å². The largest absolute Gasteiger partial charge is 0.350 e. The number of carbonyl (C=O) groups is 1.